The average Bonchev–Trinajstić information content (AvgIpc) is 2.72. The number of halogens is 3. The Bertz CT molecular complexity index is 739. The molecule has 0 aliphatic carbocycles. The van der Waals surface area contributed by atoms with E-state index >= 15 is 0 Å². The van der Waals surface area contributed by atoms with Gasteiger partial charge in [-0.25, -0.2) is 18.3 Å². The van der Waals surface area contributed by atoms with Crippen molar-refractivity contribution >= 4 is 28.2 Å². The number of benzene rings is 1. The van der Waals surface area contributed by atoms with Crippen molar-refractivity contribution in [3.8, 4) is 11.3 Å². The van der Waals surface area contributed by atoms with Crippen molar-refractivity contribution < 1.29 is 8.78 Å². The molecule has 0 saturated carbocycles. The number of nitrogens with zero attached hydrogens (tertiary/aromatic N) is 3. The van der Waals surface area contributed by atoms with Gasteiger partial charge in [-0.1, -0.05) is 6.07 Å². The average molecular weight is 357 g/mol. The van der Waals surface area contributed by atoms with Gasteiger partial charge in [0, 0.05) is 28.2 Å². The molecule has 0 aliphatic rings. The Morgan fingerprint density at radius 3 is 2.78 bits per heavy atom. The molecule has 3 rings (SSSR count). The van der Waals surface area contributed by atoms with Crippen LogP contribution in [0.15, 0.2) is 36.4 Å². The van der Waals surface area contributed by atoms with E-state index in [0.717, 1.165) is 18.2 Å². The molecule has 0 saturated heterocycles. The molecule has 2 aromatic heterocycles. The summed E-state index contributed by atoms with van der Waals surface area (Å²) in [5, 5.41) is 4.16. The molecule has 0 fully saturated rings. The number of hydrogen-bond donors (Lipinski definition) is 0. The molecule has 0 unspecified atom stereocenters. The first-order valence-corrected chi connectivity index (χ1v) is 6.20. The predicted octanol–water partition coefficient (Wildman–Crippen LogP) is 3.28. The molecule has 6 heteroatoms. The molecule has 0 aliphatic heterocycles. The summed E-state index contributed by atoms with van der Waals surface area (Å²) in [5.74, 6) is -0.979. The quantitative estimate of drug-likeness (QED) is 0.626. The normalized spacial score (nSPS) is 11.1. The minimum absolute atomic E-state index is 0.168. The highest BCUT2D eigenvalue weighted by Gasteiger charge is 2.12. The van der Waals surface area contributed by atoms with Gasteiger partial charge in [0.2, 0.25) is 3.83 Å². The molecular weight excluding hydrogens is 351 g/mol. The van der Waals surface area contributed by atoms with Crippen LogP contribution in [0.3, 0.4) is 0 Å². The fraction of sp³-hybridized carbons (Fsp3) is 0. The van der Waals surface area contributed by atoms with Gasteiger partial charge in [-0.05, 0) is 30.3 Å². The summed E-state index contributed by atoms with van der Waals surface area (Å²) >= 11 is 1.97. The maximum atomic E-state index is 13.8. The van der Waals surface area contributed by atoms with Gasteiger partial charge in [-0.3, -0.25) is 0 Å². The van der Waals surface area contributed by atoms with Crippen LogP contribution in [0.1, 0.15) is 0 Å². The van der Waals surface area contributed by atoms with Gasteiger partial charge < -0.3 is 0 Å². The molecular formula is C12H6F2IN3. The zero-order valence-corrected chi connectivity index (χ0v) is 11.1. The van der Waals surface area contributed by atoms with Crippen LogP contribution in [-0.4, -0.2) is 14.6 Å². The van der Waals surface area contributed by atoms with Crippen LogP contribution in [0.2, 0.25) is 0 Å². The third-order valence-electron chi connectivity index (χ3n) is 2.54. The molecule has 2 heterocycles. The largest absolute Gasteiger partial charge is 0.212 e. The van der Waals surface area contributed by atoms with Gasteiger partial charge in [0.25, 0.3) is 0 Å². The van der Waals surface area contributed by atoms with Gasteiger partial charge in [-0.15, -0.1) is 5.10 Å². The second-order valence-corrected chi connectivity index (χ2v) is 4.65. The molecule has 0 bridgehead atoms. The van der Waals surface area contributed by atoms with E-state index in [4.69, 9.17) is 0 Å². The van der Waals surface area contributed by atoms with Crippen molar-refractivity contribution in [2.75, 3.05) is 0 Å². The summed E-state index contributed by atoms with van der Waals surface area (Å²) in [7, 11) is 0. The molecule has 90 valence electrons. The van der Waals surface area contributed by atoms with E-state index in [1.165, 1.54) is 4.52 Å². The Hall–Kier alpha value is -1.57. The first kappa shape index (κ1) is 11.5. The second-order valence-electron chi connectivity index (χ2n) is 3.69. The summed E-state index contributed by atoms with van der Waals surface area (Å²) in [6, 6.07) is 8.51. The molecule has 0 N–H and O–H groups in total. The number of pyridine rings is 1. The Morgan fingerprint density at radius 1 is 1.11 bits per heavy atom. The fourth-order valence-electron chi connectivity index (χ4n) is 1.78. The van der Waals surface area contributed by atoms with E-state index < -0.39 is 11.6 Å². The number of hydrogen-bond acceptors (Lipinski definition) is 2. The van der Waals surface area contributed by atoms with Crippen molar-refractivity contribution in [1.29, 1.82) is 0 Å². The molecule has 1 aromatic carbocycles. The van der Waals surface area contributed by atoms with Crippen LogP contribution in [0, 0.1) is 15.5 Å². The number of fused-ring (bicyclic) bond motifs is 1. The van der Waals surface area contributed by atoms with E-state index in [1.807, 2.05) is 22.6 Å². The Kier molecular flexibility index (Phi) is 2.73. The van der Waals surface area contributed by atoms with Gasteiger partial charge in [0.1, 0.15) is 11.6 Å². The Balaban J connectivity index is 2.34. The van der Waals surface area contributed by atoms with E-state index in [-0.39, 0.29) is 5.56 Å². The van der Waals surface area contributed by atoms with Crippen molar-refractivity contribution in [2.45, 2.75) is 0 Å². The van der Waals surface area contributed by atoms with E-state index in [9.17, 15) is 8.78 Å². The summed E-state index contributed by atoms with van der Waals surface area (Å²) in [6.07, 6.45) is 0. The first-order valence-electron chi connectivity index (χ1n) is 5.12. The maximum absolute atomic E-state index is 13.8. The monoisotopic (exact) mass is 357 g/mol. The van der Waals surface area contributed by atoms with E-state index in [0.29, 0.717) is 15.2 Å². The summed E-state index contributed by atoms with van der Waals surface area (Å²) < 4.78 is 29.0. The summed E-state index contributed by atoms with van der Waals surface area (Å²) in [4.78, 5) is 4.17. The van der Waals surface area contributed by atoms with E-state index in [1.54, 1.807) is 18.2 Å². The second kappa shape index (κ2) is 4.27. The minimum atomic E-state index is -0.491. The lowest BCUT2D eigenvalue weighted by molar-refractivity contribution is 0.602. The van der Waals surface area contributed by atoms with Crippen LogP contribution in [-0.2, 0) is 0 Å². The standard InChI is InChI=1S/C12H6F2IN3/c13-7-4-5-9(14)8(6-7)10-2-1-3-11-16-12(15)17-18(10)11/h1-6H. The van der Waals surface area contributed by atoms with Gasteiger partial charge in [0.05, 0.1) is 5.69 Å². The lowest BCUT2D eigenvalue weighted by atomic mass is 10.1. The SMILES string of the molecule is Fc1ccc(F)c(-c2cccc3nc(I)nn23)c1. The predicted molar refractivity (Wildman–Crippen MR) is 71.1 cm³/mol. The van der Waals surface area contributed by atoms with Gasteiger partial charge in [0.15, 0.2) is 5.65 Å². The molecule has 18 heavy (non-hydrogen) atoms. The van der Waals surface area contributed by atoms with Crippen molar-refractivity contribution in [3.63, 3.8) is 0 Å². The summed E-state index contributed by atoms with van der Waals surface area (Å²) in [5.41, 5.74) is 1.24. The van der Waals surface area contributed by atoms with Crippen LogP contribution in [0.5, 0.6) is 0 Å². The molecule has 0 radical (unpaired) electrons. The highest BCUT2D eigenvalue weighted by atomic mass is 127. The summed E-state index contributed by atoms with van der Waals surface area (Å²) in [6.45, 7) is 0. The van der Waals surface area contributed by atoms with Crippen LogP contribution in [0.25, 0.3) is 16.9 Å². The third-order valence-corrected chi connectivity index (χ3v) is 3.00. The number of rotatable bonds is 1. The smallest absolute Gasteiger partial charge is 0.212 e. The minimum Gasteiger partial charge on any atom is -0.212 e. The van der Waals surface area contributed by atoms with E-state index in [2.05, 4.69) is 10.1 Å². The lowest BCUT2D eigenvalue weighted by Gasteiger charge is -2.05. The van der Waals surface area contributed by atoms with Crippen LogP contribution < -0.4 is 0 Å². The van der Waals surface area contributed by atoms with Gasteiger partial charge >= 0.3 is 0 Å². The highest BCUT2D eigenvalue weighted by Crippen LogP contribution is 2.24. The molecule has 0 amide bonds. The topological polar surface area (TPSA) is 30.2 Å². The zero-order valence-electron chi connectivity index (χ0n) is 8.94. The third kappa shape index (κ3) is 1.86. The van der Waals surface area contributed by atoms with Crippen LogP contribution in [0.4, 0.5) is 8.78 Å². The van der Waals surface area contributed by atoms with Crippen molar-refractivity contribution in [1.82, 2.24) is 14.6 Å². The Labute approximate surface area is 115 Å². The Morgan fingerprint density at radius 2 is 1.94 bits per heavy atom. The molecule has 0 spiro atoms. The maximum Gasteiger partial charge on any atom is 0.212 e. The molecule has 0 atom stereocenters. The fourth-order valence-corrected chi connectivity index (χ4v) is 2.24. The zero-order chi connectivity index (χ0) is 12.7. The van der Waals surface area contributed by atoms with Crippen LogP contribution >= 0.6 is 22.6 Å². The molecule has 3 nitrogen and oxygen atoms in total. The highest BCUT2D eigenvalue weighted by molar-refractivity contribution is 14.1. The molecule has 3 aromatic rings. The van der Waals surface area contributed by atoms with Crippen molar-refractivity contribution in [2.24, 2.45) is 0 Å². The van der Waals surface area contributed by atoms with Gasteiger partial charge in [-0.2, -0.15) is 0 Å². The number of aromatic nitrogens is 3. The lowest BCUT2D eigenvalue weighted by Crippen LogP contribution is -1.96. The first-order chi connectivity index (χ1) is 8.65. The van der Waals surface area contributed by atoms with Crippen molar-refractivity contribution in [3.05, 3.63) is 51.9 Å².